The topological polar surface area (TPSA) is 84.5 Å². The molecule has 1 aliphatic heterocycles. The van der Waals surface area contributed by atoms with Crippen LogP contribution < -0.4 is 10.0 Å². The zero-order valence-electron chi connectivity index (χ0n) is 18.9. The molecular weight excluding hydrogens is 472 g/mol. The van der Waals surface area contributed by atoms with Crippen LogP contribution in [-0.2, 0) is 20.2 Å². The maximum absolute atomic E-state index is 13.0. The number of benzene rings is 3. The van der Waals surface area contributed by atoms with Gasteiger partial charge in [0.15, 0.2) is 0 Å². The molecule has 0 saturated carbocycles. The minimum Gasteiger partial charge on any atom is -0.381 e. The highest BCUT2D eigenvalue weighted by atomic mass is 35.5. The maximum atomic E-state index is 13.0. The van der Waals surface area contributed by atoms with Gasteiger partial charge in [0.05, 0.1) is 4.90 Å². The van der Waals surface area contributed by atoms with E-state index >= 15 is 0 Å². The van der Waals surface area contributed by atoms with Gasteiger partial charge in [0.1, 0.15) is 0 Å². The number of carbonyl (C=O) groups is 1. The van der Waals surface area contributed by atoms with E-state index in [0.717, 1.165) is 24.0 Å². The van der Waals surface area contributed by atoms with Gasteiger partial charge in [-0.1, -0.05) is 41.9 Å². The molecule has 1 heterocycles. The maximum Gasteiger partial charge on any atom is 0.261 e. The van der Waals surface area contributed by atoms with Crippen molar-refractivity contribution in [2.45, 2.75) is 30.1 Å². The van der Waals surface area contributed by atoms with Gasteiger partial charge in [-0.05, 0) is 73.4 Å². The van der Waals surface area contributed by atoms with E-state index in [1.165, 1.54) is 12.1 Å². The van der Waals surface area contributed by atoms with Gasteiger partial charge in [-0.15, -0.1) is 0 Å². The second-order valence-electron chi connectivity index (χ2n) is 8.59. The Labute approximate surface area is 205 Å². The molecule has 1 amide bonds. The van der Waals surface area contributed by atoms with Gasteiger partial charge in [-0.25, -0.2) is 8.42 Å². The van der Waals surface area contributed by atoms with Crippen molar-refractivity contribution in [1.29, 1.82) is 0 Å². The molecule has 0 unspecified atom stereocenters. The van der Waals surface area contributed by atoms with Crippen molar-refractivity contribution < 1.29 is 17.9 Å². The van der Waals surface area contributed by atoms with Crippen LogP contribution in [0.2, 0.25) is 5.02 Å². The van der Waals surface area contributed by atoms with E-state index in [1.807, 2.05) is 37.3 Å². The smallest absolute Gasteiger partial charge is 0.261 e. The van der Waals surface area contributed by atoms with E-state index in [4.69, 9.17) is 16.3 Å². The third-order valence-electron chi connectivity index (χ3n) is 6.15. The van der Waals surface area contributed by atoms with Gasteiger partial charge < -0.3 is 10.1 Å². The summed E-state index contributed by atoms with van der Waals surface area (Å²) in [5, 5.41) is 3.66. The first kappa shape index (κ1) is 24.3. The van der Waals surface area contributed by atoms with Crippen molar-refractivity contribution in [1.82, 2.24) is 5.32 Å². The fraction of sp³-hybridized carbons (Fsp3) is 0.269. The molecule has 1 fully saturated rings. The van der Waals surface area contributed by atoms with Crippen LogP contribution in [0.15, 0.2) is 77.7 Å². The molecule has 3 aromatic carbocycles. The Balaban J connectivity index is 1.51. The highest BCUT2D eigenvalue weighted by Crippen LogP contribution is 2.35. The first-order valence-corrected chi connectivity index (χ1v) is 13.0. The van der Waals surface area contributed by atoms with Crippen molar-refractivity contribution in [2.75, 3.05) is 24.5 Å². The van der Waals surface area contributed by atoms with E-state index < -0.39 is 10.0 Å². The average molecular weight is 499 g/mol. The predicted molar refractivity (Wildman–Crippen MR) is 134 cm³/mol. The lowest BCUT2D eigenvalue weighted by molar-refractivity contribution is 0.0487. The number of hydrogen-bond acceptors (Lipinski definition) is 4. The number of hydrogen-bond donors (Lipinski definition) is 2. The van der Waals surface area contributed by atoms with E-state index in [-0.39, 0.29) is 21.8 Å². The van der Waals surface area contributed by atoms with Crippen LogP contribution in [0.5, 0.6) is 0 Å². The Morgan fingerprint density at radius 1 is 1.00 bits per heavy atom. The number of carbonyl (C=O) groups excluding carboxylic acids is 1. The van der Waals surface area contributed by atoms with Crippen molar-refractivity contribution in [3.8, 4) is 0 Å². The van der Waals surface area contributed by atoms with Crippen LogP contribution in [0, 0.1) is 6.92 Å². The monoisotopic (exact) mass is 498 g/mol. The van der Waals surface area contributed by atoms with Gasteiger partial charge in [0.25, 0.3) is 15.9 Å². The lowest BCUT2D eigenvalue weighted by Gasteiger charge is -2.38. The fourth-order valence-corrected chi connectivity index (χ4v) is 5.51. The van der Waals surface area contributed by atoms with Gasteiger partial charge in [-0.3, -0.25) is 9.52 Å². The third kappa shape index (κ3) is 5.60. The number of nitrogens with one attached hydrogen (secondary N) is 2. The van der Waals surface area contributed by atoms with Crippen molar-refractivity contribution in [3.05, 3.63) is 94.5 Å². The zero-order valence-corrected chi connectivity index (χ0v) is 20.5. The van der Waals surface area contributed by atoms with E-state index in [1.54, 1.807) is 30.3 Å². The second-order valence-corrected chi connectivity index (χ2v) is 10.7. The molecule has 0 bridgehead atoms. The second kappa shape index (κ2) is 10.2. The summed E-state index contributed by atoms with van der Waals surface area (Å²) >= 11 is 6.23. The first-order chi connectivity index (χ1) is 16.3. The molecule has 178 valence electrons. The largest absolute Gasteiger partial charge is 0.381 e. The van der Waals surface area contributed by atoms with Crippen molar-refractivity contribution >= 4 is 33.2 Å². The summed E-state index contributed by atoms with van der Waals surface area (Å²) in [5.41, 5.74) is 2.45. The summed E-state index contributed by atoms with van der Waals surface area (Å²) < 4.78 is 33.9. The molecular formula is C26H27ClN2O4S. The minimum atomic E-state index is -3.84. The molecule has 8 heteroatoms. The van der Waals surface area contributed by atoms with Crippen LogP contribution in [-0.4, -0.2) is 34.1 Å². The Hall–Kier alpha value is -2.87. The van der Waals surface area contributed by atoms with Crippen LogP contribution in [0.4, 0.5) is 5.69 Å². The molecule has 1 aliphatic rings. The number of amides is 1. The molecule has 0 aromatic heterocycles. The number of anilines is 1. The van der Waals surface area contributed by atoms with Gasteiger partial charge in [0.2, 0.25) is 0 Å². The molecule has 2 N–H and O–H groups in total. The van der Waals surface area contributed by atoms with Gasteiger partial charge >= 0.3 is 0 Å². The SMILES string of the molecule is Cc1cccc(NS(=O)(=O)c2cccc(C(=O)NCC3(c4cccc(Cl)c4)CCOCC3)c2)c1. The molecule has 4 rings (SSSR count). The molecule has 3 aromatic rings. The molecule has 0 radical (unpaired) electrons. The van der Waals surface area contributed by atoms with Crippen LogP contribution >= 0.6 is 11.6 Å². The van der Waals surface area contributed by atoms with Crippen LogP contribution in [0.25, 0.3) is 0 Å². The number of rotatable bonds is 7. The van der Waals surface area contributed by atoms with E-state index in [2.05, 4.69) is 10.0 Å². The average Bonchev–Trinajstić information content (AvgIpc) is 2.83. The fourth-order valence-electron chi connectivity index (χ4n) is 4.23. The molecule has 0 aliphatic carbocycles. The molecule has 34 heavy (non-hydrogen) atoms. The zero-order chi connectivity index (χ0) is 24.2. The van der Waals surface area contributed by atoms with Gasteiger partial charge in [0, 0.05) is 41.4 Å². The van der Waals surface area contributed by atoms with Crippen LogP contribution in [0.1, 0.15) is 34.3 Å². The number of halogens is 1. The number of ether oxygens (including phenoxy) is 1. The van der Waals surface area contributed by atoms with Gasteiger partial charge in [-0.2, -0.15) is 0 Å². The normalized spacial score (nSPS) is 15.5. The number of aryl methyl sites for hydroxylation is 1. The summed E-state index contributed by atoms with van der Waals surface area (Å²) in [4.78, 5) is 13.1. The van der Waals surface area contributed by atoms with Crippen LogP contribution in [0.3, 0.4) is 0 Å². The Morgan fingerprint density at radius 2 is 1.74 bits per heavy atom. The molecule has 0 spiro atoms. The number of sulfonamides is 1. The molecule has 1 saturated heterocycles. The third-order valence-corrected chi connectivity index (χ3v) is 7.77. The Bertz CT molecular complexity index is 1290. The standard InChI is InChI=1S/C26H27ClN2O4S/c1-19-5-2-9-23(15-19)29-34(31,32)24-10-3-6-20(16-24)25(30)28-18-26(11-13-33-14-12-26)21-7-4-8-22(27)17-21/h2-10,15-17,29H,11-14,18H2,1H3,(H,28,30). The summed E-state index contributed by atoms with van der Waals surface area (Å²) in [5.74, 6) is -0.333. The van der Waals surface area contributed by atoms with Crippen molar-refractivity contribution in [2.24, 2.45) is 0 Å². The highest BCUT2D eigenvalue weighted by Gasteiger charge is 2.35. The quantitative estimate of drug-likeness (QED) is 0.484. The Morgan fingerprint density at radius 3 is 2.47 bits per heavy atom. The molecule has 0 atom stereocenters. The molecule has 6 nitrogen and oxygen atoms in total. The van der Waals surface area contributed by atoms with Crippen molar-refractivity contribution in [3.63, 3.8) is 0 Å². The van der Waals surface area contributed by atoms with E-state index in [0.29, 0.717) is 30.5 Å². The Kier molecular flexibility index (Phi) is 7.26. The first-order valence-electron chi connectivity index (χ1n) is 11.1. The minimum absolute atomic E-state index is 0.0253. The highest BCUT2D eigenvalue weighted by molar-refractivity contribution is 7.92. The predicted octanol–water partition coefficient (Wildman–Crippen LogP) is 4.93. The summed E-state index contributed by atoms with van der Waals surface area (Å²) in [6.45, 7) is 3.48. The summed E-state index contributed by atoms with van der Waals surface area (Å²) in [7, 11) is -3.84. The van der Waals surface area contributed by atoms with E-state index in [9.17, 15) is 13.2 Å². The summed E-state index contributed by atoms with van der Waals surface area (Å²) in [6.07, 6.45) is 1.50. The lowest BCUT2D eigenvalue weighted by Crippen LogP contribution is -2.44. The lowest BCUT2D eigenvalue weighted by atomic mass is 9.74. The summed E-state index contributed by atoms with van der Waals surface area (Å²) in [6, 6.07) is 20.8.